The highest BCUT2D eigenvalue weighted by atomic mass is 32.1. The number of nitrogens with zero attached hydrogens (tertiary/aromatic N) is 1. The zero-order valence-corrected chi connectivity index (χ0v) is 13.3. The Bertz CT molecular complexity index is 828. The van der Waals surface area contributed by atoms with Gasteiger partial charge in [-0.15, -0.1) is 0 Å². The van der Waals surface area contributed by atoms with Gasteiger partial charge in [-0.05, 0) is 48.5 Å². The minimum atomic E-state index is -0.476. The molecule has 5 heteroatoms. The van der Waals surface area contributed by atoms with Crippen molar-refractivity contribution in [2.75, 3.05) is 4.90 Å². The van der Waals surface area contributed by atoms with Crippen molar-refractivity contribution >= 4 is 40.9 Å². The minimum Gasteiger partial charge on any atom is -0.298 e. The molecule has 1 saturated heterocycles. The van der Waals surface area contributed by atoms with Crippen molar-refractivity contribution in [3.05, 3.63) is 71.3 Å². The zero-order valence-electron chi connectivity index (χ0n) is 12.4. The Morgan fingerprint density at radius 2 is 1.65 bits per heavy atom. The zero-order chi connectivity index (χ0) is 16.4. The van der Waals surface area contributed by atoms with E-state index in [2.05, 4.69) is 5.32 Å². The predicted molar refractivity (Wildman–Crippen MR) is 93.8 cm³/mol. The number of aryl methyl sites for hydroxylation is 1. The van der Waals surface area contributed by atoms with Crippen LogP contribution in [0.4, 0.5) is 5.69 Å². The number of para-hydroxylation sites is 1. The lowest BCUT2D eigenvalue weighted by atomic mass is 10.0. The van der Waals surface area contributed by atoms with Gasteiger partial charge in [-0.25, -0.2) is 0 Å². The molecule has 0 spiro atoms. The molecule has 114 valence electrons. The van der Waals surface area contributed by atoms with Crippen LogP contribution in [0.1, 0.15) is 11.1 Å². The molecule has 0 saturated carbocycles. The molecule has 0 unspecified atom stereocenters. The molecule has 0 aliphatic carbocycles. The summed E-state index contributed by atoms with van der Waals surface area (Å²) in [6.07, 6.45) is 1.60. The third kappa shape index (κ3) is 2.91. The van der Waals surface area contributed by atoms with Crippen LogP contribution in [0, 0.1) is 6.92 Å². The number of hydrogen-bond acceptors (Lipinski definition) is 3. The summed E-state index contributed by atoms with van der Waals surface area (Å²) in [7, 11) is 0. The molecule has 1 heterocycles. The maximum Gasteiger partial charge on any atom is 0.270 e. The minimum absolute atomic E-state index is 0.0664. The molecule has 3 rings (SSSR count). The van der Waals surface area contributed by atoms with Gasteiger partial charge in [-0.3, -0.25) is 19.8 Å². The van der Waals surface area contributed by atoms with Crippen molar-refractivity contribution < 1.29 is 9.59 Å². The van der Waals surface area contributed by atoms with E-state index in [1.165, 1.54) is 4.90 Å². The smallest absolute Gasteiger partial charge is 0.270 e. The van der Waals surface area contributed by atoms with E-state index in [-0.39, 0.29) is 10.7 Å². The van der Waals surface area contributed by atoms with E-state index in [1.54, 1.807) is 18.2 Å². The highest BCUT2D eigenvalue weighted by Crippen LogP contribution is 2.22. The van der Waals surface area contributed by atoms with Crippen LogP contribution in [0.3, 0.4) is 0 Å². The third-order valence-electron chi connectivity index (χ3n) is 3.60. The SMILES string of the molecule is Cc1ccccc1C=C1C(=O)NC(=S)N(c2ccccc2)C1=O. The predicted octanol–water partition coefficient (Wildman–Crippen LogP) is 2.83. The molecule has 0 atom stereocenters. The largest absolute Gasteiger partial charge is 0.298 e. The van der Waals surface area contributed by atoms with Gasteiger partial charge in [0.2, 0.25) is 0 Å². The Balaban J connectivity index is 2.04. The lowest BCUT2D eigenvalue weighted by Gasteiger charge is -2.28. The van der Waals surface area contributed by atoms with E-state index in [1.807, 2.05) is 49.4 Å². The van der Waals surface area contributed by atoms with Crippen LogP contribution in [0.2, 0.25) is 0 Å². The molecule has 2 aromatic rings. The van der Waals surface area contributed by atoms with Gasteiger partial charge >= 0.3 is 0 Å². The lowest BCUT2D eigenvalue weighted by Crippen LogP contribution is -2.54. The first-order valence-corrected chi connectivity index (χ1v) is 7.51. The van der Waals surface area contributed by atoms with E-state index >= 15 is 0 Å². The van der Waals surface area contributed by atoms with Crippen LogP contribution >= 0.6 is 12.2 Å². The monoisotopic (exact) mass is 322 g/mol. The van der Waals surface area contributed by atoms with Crippen LogP contribution in [0.5, 0.6) is 0 Å². The first-order chi connectivity index (χ1) is 11.1. The fraction of sp³-hybridized carbons (Fsp3) is 0.0556. The highest BCUT2D eigenvalue weighted by Gasteiger charge is 2.34. The van der Waals surface area contributed by atoms with Crippen LogP contribution < -0.4 is 10.2 Å². The molecule has 1 fully saturated rings. The quantitative estimate of drug-likeness (QED) is 0.525. The first kappa shape index (κ1) is 15.1. The van der Waals surface area contributed by atoms with Crippen molar-refractivity contribution in [3.8, 4) is 0 Å². The van der Waals surface area contributed by atoms with Gasteiger partial charge in [0, 0.05) is 0 Å². The summed E-state index contributed by atoms with van der Waals surface area (Å²) in [5.74, 6) is -0.899. The van der Waals surface area contributed by atoms with Crippen LogP contribution in [0.25, 0.3) is 6.08 Å². The molecule has 0 radical (unpaired) electrons. The maximum atomic E-state index is 12.8. The van der Waals surface area contributed by atoms with Gasteiger partial charge in [0.1, 0.15) is 5.57 Å². The van der Waals surface area contributed by atoms with E-state index in [0.717, 1.165) is 11.1 Å². The number of anilines is 1. The van der Waals surface area contributed by atoms with Gasteiger partial charge in [0.25, 0.3) is 11.8 Å². The van der Waals surface area contributed by atoms with Gasteiger partial charge < -0.3 is 0 Å². The molecular formula is C18H14N2O2S. The first-order valence-electron chi connectivity index (χ1n) is 7.10. The van der Waals surface area contributed by atoms with Crippen molar-refractivity contribution in [2.45, 2.75) is 6.92 Å². The number of carbonyl (C=O) groups is 2. The summed E-state index contributed by atoms with van der Waals surface area (Å²) >= 11 is 5.15. The highest BCUT2D eigenvalue weighted by molar-refractivity contribution is 7.80. The van der Waals surface area contributed by atoms with Crippen molar-refractivity contribution in [1.82, 2.24) is 5.32 Å². The summed E-state index contributed by atoms with van der Waals surface area (Å²) in [5, 5.41) is 2.67. The van der Waals surface area contributed by atoms with Crippen molar-refractivity contribution in [3.63, 3.8) is 0 Å². The number of benzene rings is 2. The topological polar surface area (TPSA) is 49.4 Å². The normalized spacial score (nSPS) is 16.7. The average Bonchev–Trinajstić information content (AvgIpc) is 2.54. The van der Waals surface area contributed by atoms with E-state index in [9.17, 15) is 9.59 Å². The number of hydrogen-bond donors (Lipinski definition) is 1. The molecule has 1 N–H and O–H groups in total. The van der Waals surface area contributed by atoms with E-state index in [0.29, 0.717) is 5.69 Å². The van der Waals surface area contributed by atoms with E-state index < -0.39 is 11.8 Å². The Morgan fingerprint density at radius 1 is 1.00 bits per heavy atom. The second-order valence-electron chi connectivity index (χ2n) is 5.15. The average molecular weight is 322 g/mol. The number of amides is 2. The lowest BCUT2D eigenvalue weighted by molar-refractivity contribution is -0.122. The molecule has 1 aliphatic rings. The Kier molecular flexibility index (Phi) is 4.04. The second kappa shape index (κ2) is 6.14. The molecule has 2 aromatic carbocycles. The van der Waals surface area contributed by atoms with Crippen LogP contribution in [-0.4, -0.2) is 16.9 Å². The molecule has 0 aromatic heterocycles. The van der Waals surface area contributed by atoms with Gasteiger partial charge in [-0.1, -0.05) is 42.5 Å². The summed E-state index contributed by atoms with van der Waals surface area (Å²) in [6.45, 7) is 1.93. The summed E-state index contributed by atoms with van der Waals surface area (Å²) in [4.78, 5) is 26.3. The Labute approximate surface area is 139 Å². The van der Waals surface area contributed by atoms with Gasteiger partial charge in [0.05, 0.1) is 5.69 Å². The summed E-state index contributed by atoms with van der Waals surface area (Å²) < 4.78 is 0. The van der Waals surface area contributed by atoms with Gasteiger partial charge in [-0.2, -0.15) is 0 Å². The molecular weight excluding hydrogens is 308 g/mol. The summed E-state index contributed by atoms with van der Waals surface area (Å²) in [5.41, 5.74) is 2.50. The van der Waals surface area contributed by atoms with Gasteiger partial charge in [0.15, 0.2) is 5.11 Å². The van der Waals surface area contributed by atoms with Crippen LogP contribution in [-0.2, 0) is 9.59 Å². The second-order valence-corrected chi connectivity index (χ2v) is 5.54. The standard InChI is InChI=1S/C18H14N2O2S/c1-12-7-5-6-8-13(12)11-15-16(21)19-18(23)20(17(15)22)14-9-3-2-4-10-14/h2-11H,1H3,(H,19,21,23). The molecule has 1 aliphatic heterocycles. The number of carbonyl (C=O) groups excluding carboxylic acids is 2. The molecule has 4 nitrogen and oxygen atoms in total. The Hall–Kier alpha value is -2.79. The molecule has 0 bridgehead atoms. The number of rotatable bonds is 2. The molecule has 23 heavy (non-hydrogen) atoms. The number of nitrogens with one attached hydrogen (secondary N) is 1. The van der Waals surface area contributed by atoms with Crippen LogP contribution in [0.15, 0.2) is 60.2 Å². The van der Waals surface area contributed by atoms with E-state index in [4.69, 9.17) is 12.2 Å². The number of thiocarbonyl (C=S) groups is 1. The summed E-state index contributed by atoms with van der Waals surface area (Å²) in [6, 6.07) is 16.6. The fourth-order valence-corrected chi connectivity index (χ4v) is 2.65. The van der Waals surface area contributed by atoms with Crippen molar-refractivity contribution in [1.29, 1.82) is 0 Å². The molecule has 2 amide bonds. The Morgan fingerprint density at radius 3 is 2.35 bits per heavy atom. The third-order valence-corrected chi connectivity index (χ3v) is 3.89. The maximum absolute atomic E-state index is 12.8. The fourth-order valence-electron chi connectivity index (χ4n) is 2.37. The van der Waals surface area contributed by atoms with Crippen molar-refractivity contribution in [2.24, 2.45) is 0 Å².